The molecule has 108 valence electrons. The van der Waals surface area contributed by atoms with Crippen LogP contribution in [0, 0.1) is 5.92 Å². The number of benzene rings is 1. The topological polar surface area (TPSA) is 15.3 Å². The van der Waals surface area contributed by atoms with E-state index >= 15 is 0 Å². The lowest BCUT2D eigenvalue weighted by Gasteiger charge is -2.53. The first-order valence-corrected chi connectivity index (χ1v) is 8.22. The average Bonchev–Trinajstić information content (AvgIpc) is 3.08. The minimum Gasteiger partial charge on any atom is -0.377 e. The summed E-state index contributed by atoms with van der Waals surface area (Å²) in [6.07, 6.45) is 4.89. The van der Waals surface area contributed by atoms with Crippen LogP contribution in [0.5, 0.6) is 0 Å². The van der Waals surface area contributed by atoms with Gasteiger partial charge in [-0.3, -0.25) is 4.90 Å². The second-order valence-electron chi connectivity index (χ2n) is 7.06. The molecule has 2 nitrogen and oxygen atoms in total. The summed E-state index contributed by atoms with van der Waals surface area (Å²) in [4.78, 5) is 2.73. The number of fused-ring (bicyclic) bond motifs is 2. The molecule has 2 saturated heterocycles. The van der Waals surface area contributed by atoms with Crippen molar-refractivity contribution in [2.75, 3.05) is 18.4 Å². The average molecular weight is 278 g/mol. The van der Waals surface area contributed by atoms with Crippen LogP contribution in [0.2, 0.25) is 0 Å². The normalized spacial score (nSPS) is 41.9. The molecule has 1 saturated carbocycles. The monoisotopic (exact) mass is 278 g/mol. The Hall–Kier alpha value is -1.54. The van der Waals surface area contributed by atoms with Crippen LogP contribution in [0.25, 0.3) is 0 Å². The molecule has 0 unspecified atom stereocenters. The number of nitrogens with zero attached hydrogens (tertiary/aromatic N) is 1. The summed E-state index contributed by atoms with van der Waals surface area (Å²) in [6.45, 7) is 9.24. The number of rotatable bonds is 0. The molecule has 1 spiro atoms. The van der Waals surface area contributed by atoms with E-state index in [1.807, 2.05) is 0 Å². The summed E-state index contributed by atoms with van der Waals surface area (Å²) >= 11 is 0. The van der Waals surface area contributed by atoms with E-state index in [1.54, 1.807) is 5.57 Å². The van der Waals surface area contributed by atoms with Gasteiger partial charge in [-0.2, -0.15) is 0 Å². The van der Waals surface area contributed by atoms with Crippen molar-refractivity contribution in [3.8, 4) is 0 Å². The molecule has 2 bridgehead atoms. The van der Waals surface area contributed by atoms with Crippen LogP contribution in [0.4, 0.5) is 5.69 Å². The number of hydrogen-bond acceptors (Lipinski definition) is 2. The molecular weight excluding hydrogens is 256 g/mol. The molecule has 4 aliphatic rings. The van der Waals surface area contributed by atoms with Crippen LogP contribution in [0.3, 0.4) is 0 Å². The molecule has 0 aromatic heterocycles. The first-order chi connectivity index (χ1) is 10.3. The third kappa shape index (κ3) is 1.20. The summed E-state index contributed by atoms with van der Waals surface area (Å²) in [5.41, 5.74) is 6.17. The van der Waals surface area contributed by atoms with Gasteiger partial charge >= 0.3 is 0 Å². The Labute approximate surface area is 126 Å². The first kappa shape index (κ1) is 12.0. The summed E-state index contributed by atoms with van der Waals surface area (Å²) in [7, 11) is 0. The molecular formula is C19H22N2. The zero-order valence-electron chi connectivity index (χ0n) is 12.6. The second-order valence-corrected chi connectivity index (χ2v) is 7.06. The fourth-order valence-electron chi connectivity index (χ4n) is 5.74. The van der Waals surface area contributed by atoms with Crippen LogP contribution in [-0.4, -0.2) is 30.1 Å². The number of hydrogen-bond donors (Lipinski definition) is 1. The molecule has 4 atom stereocenters. The fraction of sp³-hybridized carbons (Fsp3) is 0.474. The Morgan fingerprint density at radius 3 is 3.05 bits per heavy atom. The highest BCUT2D eigenvalue weighted by Gasteiger charge is 2.64. The van der Waals surface area contributed by atoms with Crippen molar-refractivity contribution in [3.63, 3.8) is 0 Å². The van der Waals surface area contributed by atoms with Crippen molar-refractivity contribution in [1.29, 1.82) is 0 Å². The van der Waals surface area contributed by atoms with Gasteiger partial charge < -0.3 is 5.32 Å². The minimum absolute atomic E-state index is 0.229. The molecule has 5 rings (SSSR count). The van der Waals surface area contributed by atoms with E-state index in [0.29, 0.717) is 18.0 Å². The maximum atomic E-state index is 4.55. The van der Waals surface area contributed by atoms with Crippen LogP contribution >= 0.6 is 0 Å². The Morgan fingerprint density at radius 2 is 2.19 bits per heavy atom. The van der Waals surface area contributed by atoms with Crippen molar-refractivity contribution in [1.82, 2.24) is 4.90 Å². The Morgan fingerprint density at radius 1 is 1.33 bits per heavy atom. The number of nitrogens with one attached hydrogen (secondary N) is 1. The molecule has 3 heterocycles. The summed E-state index contributed by atoms with van der Waals surface area (Å²) in [6, 6.07) is 9.97. The van der Waals surface area contributed by atoms with Gasteiger partial charge in [0.15, 0.2) is 0 Å². The standard InChI is InChI=1S/C19H22N2/c1-3-13-14-8-10-21-11-9-19(18(13)21)15-6-4-5-7-16(15)20-17(19)12(14)2/h3-7,14,17-18,20H,2,8-11H2,1H3/b13-3+/t14-,17-,18-,19-/m1/s1. The minimum atomic E-state index is 0.229. The van der Waals surface area contributed by atoms with E-state index in [2.05, 4.69) is 54.1 Å². The van der Waals surface area contributed by atoms with Crippen molar-refractivity contribution >= 4 is 5.69 Å². The largest absolute Gasteiger partial charge is 0.377 e. The predicted octanol–water partition coefficient (Wildman–Crippen LogP) is 3.33. The zero-order valence-corrected chi connectivity index (χ0v) is 12.6. The van der Waals surface area contributed by atoms with Gasteiger partial charge in [-0.05, 0) is 55.6 Å². The van der Waals surface area contributed by atoms with E-state index < -0.39 is 0 Å². The third-order valence-corrected chi connectivity index (χ3v) is 6.48. The number of allylic oxidation sites excluding steroid dienone is 1. The SMILES string of the molecule is C=C1[C@H]2CCN3CC[C@]4(c5ccccc5N[C@H]14)[C@H]3/C2=C/C. The number of piperidine rings is 1. The molecule has 0 radical (unpaired) electrons. The van der Waals surface area contributed by atoms with Gasteiger partial charge in [0.05, 0.1) is 6.04 Å². The van der Waals surface area contributed by atoms with E-state index in [4.69, 9.17) is 0 Å². The smallest absolute Gasteiger partial charge is 0.0593 e. The van der Waals surface area contributed by atoms with Crippen molar-refractivity contribution in [3.05, 3.63) is 53.6 Å². The third-order valence-electron chi connectivity index (χ3n) is 6.48. The highest BCUT2D eigenvalue weighted by atomic mass is 15.2. The quantitative estimate of drug-likeness (QED) is 0.732. The second kappa shape index (κ2) is 3.80. The van der Waals surface area contributed by atoms with Crippen LogP contribution in [0.1, 0.15) is 25.3 Å². The van der Waals surface area contributed by atoms with E-state index in [-0.39, 0.29) is 5.41 Å². The van der Waals surface area contributed by atoms with Crippen LogP contribution < -0.4 is 5.32 Å². The van der Waals surface area contributed by atoms with E-state index in [9.17, 15) is 0 Å². The maximum absolute atomic E-state index is 4.55. The van der Waals surface area contributed by atoms with Crippen molar-refractivity contribution in [2.24, 2.45) is 5.92 Å². The maximum Gasteiger partial charge on any atom is 0.0593 e. The lowest BCUT2D eigenvalue weighted by molar-refractivity contribution is 0.156. The molecule has 2 heteroatoms. The predicted molar refractivity (Wildman–Crippen MR) is 86.5 cm³/mol. The van der Waals surface area contributed by atoms with Crippen LogP contribution in [0.15, 0.2) is 48.1 Å². The van der Waals surface area contributed by atoms with E-state index in [0.717, 1.165) is 0 Å². The molecule has 3 aliphatic heterocycles. The highest BCUT2D eigenvalue weighted by Crippen LogP contribution is 2.61. The lowest BCUT2D eigenvalue weighted by atomic mass is 9.57. The number of anilines is 1. The van der Waals surface area contributed by atoms with Gasteiger partial charge in [0.1, 0.15) is 0 Å². The van der Waals surface area contributed by atoms with Crippen molar-refractivity contribution < 1.29 is 0 Å². The Kier molecular flexibility index (Phi) is 2.18. The Balaban J connectivity index is 1.80. The molecule has 21 heavy (non-hydrogen) atoms. The first-order valence-electron chi connectivity index (χ1n) is 8.22. The molecule has 3 fully saturated rings. The summed E-state index contributed by atoms with van der Waals surface area (Å²) < 4.78 is 0. The lowest BCUT2D eigenvalue weighted by Crippen LogP contribution is -2.59. The van der Waals surface area contributed by atoms with Crippen molar-refractivity contribution in [2.45, 2.75) is 37.3 Å². The van der Waals surface area contributed by atoms with Gasteiger partial charge in [-0.1, -0.05) is 30.9 Å². The summed E-state index contributed by atoms with van der Waals surface area (Å²) in [5, 5.41) is 3.82. The molecule has 1 aromatic carbocycles. The van der Waals surface area contributed by atoms with Gasteiger partial charge in [-0.15, -0.1) is 0 Å². The molecule has 1 N–H and O–H groups in total. The van der Waals surface area contributed by atoms with Gasteiger partial charge in [-0.25, -0.2) is 0 Å². The molecule has 1 aliphatic carbocycles. The Bertz CT molecular complexity index is 674. The fourth-order valence-corrected chi connectivity index (χ4v) is 5.74. The van der Waals surface area contributed by atoms with Gasteiger partial charge in [0, 0.05) is 23.1 Å². The van der Waals surface area contributed by atoms with Gasteiger partial charge in [0.2, 0.25) is 0 Å². The highest BCUT2D eigenvalue weighted by molar-refractivity contribution is 5.69. The van der Waals surface area contributed by atoms with E-state index in [1.165, 1.54) is 42.8 Å². The summed E-state index contributed by atoms with van der Waals surface area (Å²) in [5.74, 6) is 0.592. The molecule has 1 aromatic rings. The molecule has 0 amide bonds. The zero-order chi connectivity index (χ0) is 14.2. The van der Waals surface area contributed by atoms with Crippen LogP contribution in [-0.2, 0) is 5.41 Å². The number of para-hydroxylation sites is 1. The van der Waals surface area contributed by atoms with Gasteiger partial charge in [0.25, 0.3) is 0 Å².